The van der Waals surface area contributed by atoms with Gasteiger partial charge in [-0.15, -0.1) is 0 Å². The normalized spacial score (nSPS) is 17.8. The molecule has 0 spiro atoms. The van der Waals surface area contributed by atoms with Gasteiger partial charge < -0.3 is 5.32 Å². The van der Waals surface area contributed by atoms with Gasteiger partial charge in [0.05, 0.1) is 0 Å². The summed E-state index contributed by atoms with van der Waals surface area (Å²) in [6, 6.07) is 9.81. The van der Waals surface area contributed by atoms with Gasteiger partial charge in [-0.3, -0.25) is 0 Å². The molecule has 0 amide bonds. The second-order valence-corrected chi connectivity index (χ2v) is 6.07. The monoisotopic (exact) mass is 245 g/mol. The maximum absolute atomic E-state index is 3.68. The smallest absolute Gasteiger partial charge is 0.0348 e. The van der Waals surface area contributed by atoms with Crippen molar-refractivity contribution in [2.45, 2.75) is 52.5 Å². The van der Waals surface area contributed by atoms with Crippen LogP contribution in [0.1, 0.15) is 57.2 Å². The maximum atomic E-state index is 3.68. The van der Waals surface area contributed by atoms with Crippen LogP contribution in [-0.2, 0) is 6.42 Å². The molecular formula is C17H27N. The summed E-state index contributed by atoms with van der Waals surface area (Å²) in [6.07, 6.45) is 5.40. The fourth-order valence-corrected chi connectivity index (χ4v) is 2.93. The number of nitrogens with one attached hydrogen (secondary N) is 1. The topological polar surface area (TPSA) is 12.0 Å². The second-order valence-electron chi connectivity index (χ2n) is 6.07. The molecule has 100 valence electrons. The Bertz CT molecular complexity index is 366. The molecule has 0 heterocycles. The SMILES string of the molecule is CCNC(c1cccc(CC(C)C)c1)C1CCC1. The molecule has 0 radical (unpaired) electrons. The number of hydrogen-bond donors (Lipinski definition) is 1. The van der Waals surface area contributed by atoms with Crippen LogP contribution in [0.4, 0.5) is 0 Å². The lowest BCUT2D eigenvalue weighted by Gasteiger charge is -2.35. The van der Waals surface area contributed by atoms with Crippen molar-refractivity contribution in [1.82, 2.24) is 5.32 Å². The van der Waals surface area contributed by atoms with E-state index in [0.29, 0.717) is 6.04 Å². The van der Waals surface area contributed by atoms with E-state index < -0.39 is 0 Å². The third-order valence-electron chi connectivity index (χ3n) is 4.00. The quantitative estimate of drug-likeness (QED) is 0.786. The molecule has 1 fully saturated rings. The Hall–Kier alpha value is -0.820. The van der Waals surface area contributed by atoms with Gasteiger partial charge in [-0.1, -0.05) is 51.5 Å². The van der Waals surface area contributed by atoms with Crippen molar-refractivity contribution in [3.8, 4) is 0 Å². The average Bonchev–Trinajstić information content (AvgIpc) is 2.25. The summed E-state index contributed by atoms with van der Waals surface area (Å²) in [5.41, 5.74) is 2.99. The highest BCUT2D eigenvalue weighted by Crippen LogP contribution is 2.37. The van der Waals surface area contributed by atoms with Gasteiger partial charge in [-0.05, 0) is 48.8 Å². The van der Waals surface area contributed by atoms with Crippen LogP contribution in [-0.4, -0.2) is 6.54 Å². The largest absolute Gasteiger partial charge is 0.310 e. The van der Waals surface area contributed by atoms with Crippen molar-refractivity contribution in [3.63, 3.8) is 0 Å². The minimum absolute atomic E-state index is 0.580. The minimum Gasteiger partial charge on any atom is -0.310 e. The van der Waals surface area contributed by atoms with Gasteiger partial charge in [0.15, 0.2) is 0 Å². The predicted octanol–water partition coefficient (Wildman–Crippen LogP) is 4.34. The molecule has 1 aromatic carbocycles. The molecule has 1 heteroatoms. The lowest BCUT2D eigenvalue weighted by molar-refractivity contribution is 0.233. The summed E-state index contributed by atoms with van der Waals surface area (Å²) < 4.78 is 0. The fourth-order valence-electron chi connectivity index (χ4n) is 2.93. The van der Waals surface area contributed by atoms with E-state index in [4.69, 9.17) is 0 Å². The van der Waals surface area contributed by atoms with Crippen molar-refractivity contribution >= 4 is 0 Å². The van der Waals surface area contributed by atoms with Crippen molar-refractivity contribution in [2.24, 2.45) is 11.8 Å². The lowest BCUT2D eigenvalue weighted by Crippen LogP contribution is -2.32. The van der Waals surface area contributed by atoms with Crippen LogP contribution in [0.2, 0.25) is 0 Å². The Morgan fingerprint density at radius 1 is 1.28 bits per heavy atom. The number of benzene rings is 1. The van der Waals surface area contributed by atoms with Crippen molar-refractivity contribution in [1.29, 1.82) is 0 Å². The first-order chi connectivity index (χ1) is 8.70. The van der Waals surface area contributed by atoms with Crippen LogP contribution in [0.5, 0.6) is 0 Å². The Morgan fingerprint density at radius 3 is 2.61 bits per heavy atom. The zero-order valence-corrected chi connectivity index (χ0v) is 12.1. The molecule has 1 nitrogen and oxygen atoms in total. The zero-order valence-electron chi connectivity index (χ0n) is 12.1. The highest BCUT2D eigenvalue weighted by atomic mass is 14.9. The molecule has 1 aliphatic carbocycles. The van der Waals surface area contributed by atoms with Crippen LogP contribution in [0, 0.1) is 11.8 Å². The van der Waals surface area contributed by atoms with Crippen LogP contribution >= 0.6 is 0 Å². The van der Waals surface area contributed by atoms with Gasteiger partial charge >= 0.3 is 0 Å². The van der Waals surface area contributed by atoms with E-state index >= 15 is 0 Å². The Balaban J connectivity index is 2.13. The van der Waals surface area contributed by atoms with Crippen LogP contribution < -0.4 is 5.32 Å². The van der Waals surface area contributed by atoms with Crippen molar-refractivity contribution in [2.75, 3.05) is 6.54 Å². The Morgan fingerprint density at radius 2 is 2.06 bits per heavy atom. The molecule has 1 aliphatic rings. The summed E-state index contributed by atoms with van der Waals surface area (Å²) >= 11 is 0. The molecule has 2 rings (SSSR count). The Labute approximate surface area is 112 Å². The molecule has 1 saturated carbocycles. The van der Waals surface area contributed by atoms with E-state index in [9.17, 15) is 0 Å². The molecular weight excluding hydrogens is 218 g/mol. The van der Waals surface area contributed by atoms with E-state index in [1.54, 1.807) is 0 Å². The molecule has 1 atom stereocenters. The summed E-state index contributed by atoms with van der Waals surface area (Å²) in [5.74, 6) is 1.60. The second kappa shape index (κ2) is 6.38. The molecule has 0 bridgehead atoms. The highest BCUT2D eigenvalue weighted by molar-refractivity contribution is 5.27. The zero-order chi connectivity index (χ0) is 13.0. The average molecular weight is 245 g/mol. The summed E-state index contributed by atoms with van der Waals surface area (Å²) in [6.45, 7) is 7.86. The van der Waals surface area contributed by atoms with Crippen molar-refractivity contribution in [3.05, 3.63) is 35.4 Å². The van der Waals surface area contributed by atoms with Crippen LogP contribution in [0.25, 0.3) is 0 Å². The van der Waals surface area contributed by atoms with Gasteiger partial charge in [0.25, 0.3) is 0 Å². The predicted molar refractivity (Wildman–Crippen MR) is 78.7 cm³/mol. The van der Waals surface area contributed by atoms with Crippen LogP contribution in [0.3, 0.4) is 0 Å². The minimum atomic E-state index is 0.580. The summed E-state index contributed by atoms with van der Waals surface area (Å²) in [5, 5.41) is 3.68. The Kier molecular flexibility index (Phi) is 4.82. The molecule has 0 aromatic heterocycles. The van der Waals surface area contributed by atoms with Gasteiger partial charge in [-0.2, -0.15) is 0 Å². The maximum Gasteiger partial charge on any atom is 0.0348 e. The third kappa shape index (κ3) is 3.35. The van der Waals surface area contributed by atoms with Crippen molar-refractivity contribution < 1.29 is 0 Å². The van der Waals surface area contributed by atoms with Gasteiger partial charge in [0.1, 0.15) is 0 Å². The standard InChI is InChI=1S/C17H27N/c1-4-18-17(15-8-6-9-15)16-10-5-7-14(12-16)11-13(2)3/h5,7,10,12-13,15,17-18H,4,6,8-9,11H2,1-3H3. The fraction of sp³-hybridized carbons (Fsp3) is 0.647. The molecule has 1 aromatic rings. The molecule has 18 heavy (non-hydrogen) atoms. The molecule has 0 saturated heterocycles. The first kappa shape index (κ1) is 13.6. The van der Waals surface area contributed by atoms with E-state index in [-0.39, 0.29) is 0 Å². The van der Waals surface area contributed by atoms with E-state index in [2.05, 4.69) is 50.4 Å². The number of rotatable bonds is 6. The summed E-state index contributed by atoms with van der Waals surface area (Å²) in [7, 11) is 0. The van der Waals surface area contributed by atoms with E-state index in [0.717, 1.165) is 18.4 Å². The number of hydrogen-bond acceptors (Lipinski definition) is 1. The highest BCUT2D eigenvalue weighted by Gasteiger charge is 2.27. The van der Waals surface area contributed by atoms with Crippen LogP contribution in [0.15, 0.2) is 24.3 Å². The van der Waals surface area contributed by atoms with E-state index in [1.807, 2.05) is 0 Å². The first-order valence-electron chi connectivity index (χ1n) is 7.53. The summed E-state index contributed by atoms with van der Waals surface area (Å²) in [4.78, 5) is 0. The first-order valence-corrected chi connectivity index (χ1v) is 7.53. The van der Waals surface area contributed by atoms with Gasteiger partial charge in [0.2, 0.25) is 0 Å². The third-order valence-corrected chi connectivity index (χ3v) is 4.00. The van der Waals surface area contributed by atoms with Gasteiger partial charge in [0, 0.05) is 6.04 Å². The lowest BCUT2D eigenvalue weighted by atomic mass is 9.77. The van der Waals surface area contributed by atoms with E-state index in [1.165, 1.54) is 36.8 Å². The van der Waals surface area contributed by atoms with Gasteiger partial charge in [-0.25, -0.2) is 0 Å². The molecule has 0 aliphatic heterocycles. The molecule has 1 N–H and O–H groups in total. The molecule has 1 unspecified atom stereocenters.